The number of anilines is 4. The van der Waals surface area contributed by atoms with E-state index in [4.69, 9.17) is 4.52 Å². The van der Waals surface area contributed by atoms with Crippen molar-refractivity contribution in [2.75, 3.05) is 42.3 Å². The summed E-state index contributed by atoms with van der Waals surface area (Å²) in [6, 6.07) is 18.0. The number of nitrogens with one attached hydrogen (secondary N) is 1. The molecule has 1 aliphatic heterocycles. The largest absolute Gasteiger partial charge is 0.378 e. The number of hydrogen-bond donors (Lipinski definition) is 1. The molecule has 6 heteroatoms. The third-order valence-electron chi connectivity index (χ3n) is 7.04. The Morgan fingerprint density at radius 1 is 1.09 bits per heavy atom. The maximum absolute atomic E-state index is 13.8. The number of hydrogen-bond acceptors (Lipinski definition) is 6. The third kappa shape index (κ3) is 3.24. The Kier molecular flexibility index (Phi) is 4.83. The molecule has 0 saturated carbocycles. The fourth-order valence-corrected chi connectivity index (χ4v) is 5.29. The number of rotatable bonds is 4. The molecule has 4 aromatic rings. The fourth-order valence-electron chi connectivity index (χ4n) is 5.29. The van der Waals surface area contributed by atoms with Crippen LogP contribution in [0.3, 0.4) is 0 Å². The van der Waals surface area contributed by atoms with E-state index in [1.807, 2.05) is 50.5 Å². The lowest BCUT2D eigenvalue weighted by Crippen LogP contribution is -2.34. The number of fused-ring (bicyclic) bond motifs is 2. The first-order valence-corrected chi connectivity index (χ1v) is 11.9. The molecule has 1 aliphatic carbocycles. The van der Waals surface area contributed by atoms with Crippen LogP contribution in [0.5, 0.6) is 0 Å². The lowest BCUT2D eigenvalue weighted by atomic mass is 9.86. The number of carbonyl (C=O) groups excluding carboxylic acids is 1. The monoisotopic (exact) mass is 452 g/mol. The van der Waals surface area contributed by atoms with E-state index >= 15 is 0 Å². The van der Waals surface area contributed by atoms with Crippen molar-refractivity contribution >= 4 is 39.4 Å². The number of piperidine rings is 1. The van der Waals surface area contributed by atoms with E-state index in [-0.39, 0.29) is 5.78 Å². The molecule has 0 spiro atoms. The lowest BCUT2D eigenvalue weighted by molar-refractivity contribution is 0.104. The summed E-state index contributed by atoms with van der Waals surface area (Å²) in [5.41, 5.74) is 6.75. The van der Waals surface area contributed by atoms with Gasteiger partial charge in [0.25, 0.3) is 0 Å². The van der Waals surface area contributed by atoms with Gasteiger partial charge in [-0.3, -0.25) is 4.79 Å². The number of nitrogens with zero attached hydrogens (tertiary/aromatic N) is 3. The summed E-state index contributed by atoms with van der Waals surface area (Å²) in [7, 11) is 4.05. The first-order chi connectivity index (χ1) is 16.5. The molecule has 172 valence electrons. The van der Waals surface area contributed by atoms with Gasteiger partial charge in [-0.1, -0.05) is 36.3 Å². The van der Waals surface area contributed by atoms with Crippen LogP contribution in [0.25, 0.3) is 22.2 Å². The highest BCUT2D eigenvalue weighted by Gasteiger charge is 2.34. The lowest BCUT2D eigenvalue weighted by Gasteiger charge is -2.33. The summed E-state index contributed by atoms with van der Waals surface area (Å²) < 4.78 is 5.91. The van der Waals surface area contributed by atoms with Crippen LogP contribution in [-0.2, 0) is 0 Å². The van der Waals surface area contributed by atoms with E-state index in [2.05, 4.69) is 45.4 Å². The first kappa shape index (κ1) is 20.8. The number of carbonyl (C=O) groups is 1. The van der Waals surface area contributed by atoms with Gasteiger partial charge in [-0.05, 0) is 49.1 Å². The molecular weight excluding hydrogens is 424 g/mol. The quantitative estimate of drug-likeness (QED) is 0.356. The molecule has 3 aromatic carbocycles. The van der Waals surface area contributed by atoms with Gasteiger partial charge in [-0.2, -0.15) is 0 Å². The molecule has 0 radical (unpaired) electrons. The normalized spacial score (nSPS) is 17.1. The Hall–Kier alpha value is -3.80. The van der Waals surface area contributed by atoms with Crippen molar-refractivity contribution in [2.24, 2.45) is 5.92 Å². The summed E-state index contributed by atoms with van der Waals surface area (Å²) in [6.07, 6.45) is 2.38. The van der Waals surface area contributed by atoms with Crippen LogP contribution < -0.4 is 15.1 Å². The van der Waals surface area contributed by atoms with Crippen LogP contribution in [0.15, 0.2) is 59.1 Å². The topological polar surface area (TPSA) is 61.6 Å². The van der Waals surface area contributed by atoms with E-state index in [1.54, 1.807) is 0 Å². The van der Waals surface area contributed by atoms with Gasteiger partial charge in [0.15, 0.2) is 11.5 Å². The van der Waals surface area contributed by atoms with Crippen LogP contribution in [0.1, 0.15) is 35.7 Å². The zero-order valence-electron chi connectivity index (χ0n) is 19.8. The SMILES string of the molecule is C[C@@H]1CCCN(c2cc(Nc3ccc(N(C)C)cc3)c3c4c(onc24)-c2ccccc2C3=O)C1. The number of ketones is 1. The predicted molar refractivity (Wildman–Crippen MR) is 138 cm³/mol. The zero-order valence-corrected chi connectivity index (χ0v) is 19.8. The van der Waals surface area contributed by atoms with Crippen molar-refractivity contribution < 1.29 is 9.32 Å². The number of aromatic nitrogens is 1. The van der Waals surface area contributed by atoms with Crippen LogP contribution in [-0.4, -0.2) is 38.1 Å². The summed E-state index contributed by atoms with van der Waals surface area (Å²) in [6.45, 7) is 4.24. The van der Waals surface area contributed by atoms with E-state index in [1.165, 1.54) is 6.42 Å². The molecule has 34 heavy (non-hydrogen) atoms. The Balaban J connectivity index is 1.55. The second kappa shape index (κ2) is 7.90. The molecule has 1 fully saturated rings. The van der Waals surface area contributed by atoms with Gasteiger partial charge in [0.2, 0.25) is 0 Å². The van der Waals surface area contributed by atoms with Gasteiger partial charge in [0, 0.05) is 49.7 Å². The highest BCUT2D eigenvalue weighted by Crippen LogP contribution is 2.46. The van der Waals surface area contributed by atoms with E-state index in [0.717, 1.165) is 58.7 Å². The Labute approximate surface area is 199 Å². The van der Waals surface area contributed by atoms with Crippen molar-refractivity contribution in [3.63, 3.8) is 0 Å². The minimum Gasteiger partial charge on any atom is -0.378 e. The predicted octanol–water partition coefficient (Wildman–Crippen LogP) is 6.09. The minimum atomic E-state index is 0.00211. The van der Waals surface area contributed by atoms with E-state index in [9.17, 15) is 4.79 Å². The van der Waals surface area contributed by atoms with E-state index < -0.39 is 0 Å². The smallest absolute Gasteiger partial charge is 0.196 e. The summed E-state index contributed by atoms with van der Waals surface area (Å²) >= 11 is 0. The minimum absolute atomic E-state index is 0.00211. The van der Waals surface area contributed by atoms with Gasteiger partial charge < -0.3 is 19.6 Å². The Morgan fingerprint density at radius 3 is 2.59 bits per heavy atom. The second-order valence-electron chi connectivity index (χ2n) is 9.69. The molecule has 1 N–H and O–H groups in total. The Morgan fingerprint density at radius 2 is 1.85 bits per heavy atom. The van der Waals surface area contributed by atoms with Crippen LogP contribution in [0.4, 0.5) is 22.7 Å². The standard InChI is InChI=1S/C28H28N4O2/c1-17-7-6-14-32(16-17)23-15-22(29-18-10-12-19(13-11-18)31(2)3)24-25-26(23)30-34-28(25)21-9-5-4-8-20(21)27(24)33/h4-5,8-13,15,17,29H,6-7,14,16H2,1-3H3/t17-/m1/s1. The van der Waals surface area contributed by atoms with Crippen molar-refractivity contribution in [1.82, 2.24) is 5.16 Å². The molecule has 0 bridgehead atoms. The highest BCUT2D eigenvalue weighted by atomic mass is 16.5. The van der Waals surface area contributed by atoms with Crippen LogP contribution in [0.2, 0.25) is 0 Å². The van der Waals surface area contributed by atoms with Crippen molar-refractivity contribution in [3.05, 3.63) is 65.7 Å². The molecule has 1 aromatic heterocycles. The van der Waals surface area contributed by atoms with Crippen molar-refractivity contribution in [3.8, 4) is 11.3 Å². The van der Waals surface area contributed by atoms with Gasteiger partial charge in [-0.25, -0.2) is 0 Å². The third-order valence-corrected chi connectivity index (χ3v) is 7.04. The van der Waals surface area contributed by atoms with Gasteiger partial charge in [-0.15, -0.1) is 0 Å². The molecule has 6 rings (SSSR count). The molecule has 2 aliphatic rings. The molecule has 1 saturated heterocycles. The first-order valence-electron chi connectivity index (χ1n) is 11.9. The summed E-state index contributed by atoms with van der Waals surface area (Å²) in [5, 5.41) is 8.86. The second-order valence-corrected chi connectivity index (χ2v) is 9.69. The summed E-state index contributed by atoms with van der Waals surface area (Å²) in [5.74, 6) is 1.29. The van der Waals surface area contributed by atoms with Gasteiger partial charge >= 0.3 is 0 Å². The maximum Gasteiger partial charge on any atom is 0.196 e. The average Bonchev–Trinajstić information content (AvgIpc) is 3.28. The molecular formula is C28H28N4O2. The zero-order chi connectivity index (χ0) is 23.4. The average molecular weight is 453 g/mol. The highest BCUT2D eigenvalue weighted by molar-refractivity contribution is 6.28. The maximum atomic E-state index is 13.8. The Bertz CT molecular complexity index is 1400. The molecule has 0 amide bonds. The van der Waals surface area contributed by atoms with Crippen LogP contribution in [0, 0.1) is 5.92 Å². The van der Waals surface area contributed by atoms with E-state index in [0.29, 0.717) is 22.8 Å². The molecule has 1 atom stereocenters. The fraction of sp³-hybridized carbons (Fsp3) is 0.286. The van der Waals surface area contributed by atoms with Gasteiger partial charge in [0.05, 0.1) is 22.3 Å². The number of benzene rings is 3. The molecule has 2 heterocycles. The van der Waals surface area contributed by atoms with Crippen LogP contribution >= 0.6 is 0 Å². The molecule has 6 nitrogen and oxygen atoms in total. The molecule has 0 unspecified atom stereocenters. The van der Waals surface area contributed by atoms with Crippen molar-refractivity contribution in [2.45, 2.75) is 19.8 Å². The van der Waals surface area contributed by atoms with Crippen molar-refractivity contribution in [1.29, 1.82) is 0 Å². The summed E-state index contributed by atoms with van der Waals surface area (Å²) in [4.78, 5) is 18.2. The van der Waals surface area contributed by atoms with Gasteiger partial charge in [0.1, 0.15) is 5.52 Å².